The highest BCUT2D eigenvalue weighted by molar-refractivity contribution is 5.47. The van der Waals surface area contributed by atoms with Gasteiger partial charge in [-0.2, -0.15) is 0 Å². The topological polar surface area (TPSA) is 8.72 Å². The summed E-state index contributed by atoms with van der Waals surface area (Å²) in [6.45, 7) is 13.9. The molecule has 0 atom stereocenters. The van der Waals surface area contributed by atoms with Crippen molar-refractivity contribution in [2.45, 2.75) is 12.8 Å². The van der Waals surface area contributed by atoms with Crippen LogP contribution in [0.5, 0.6) is 0 Å². The lowest BCUT2D eigenvalue weighted by Gasteiger charge is -2.03. The molecule has 2 aromatic rings. The van der Waals surface area contributed by atoms with Crippen LogP contribution in [0.1, 0.15) is 11.1 Å². The van der Waals surface area contributed by atoms with E-state index in [0.717, 1.165) is 12.8 Å². The van der Waals surface area contributed by atoms with Gasteiger partial charge < -0.3 is 0 Å². The molecular weight excluding hydrogens is 220 g/mol. The maximum Gasteiger partial charge on any atom is 0.187 e. The molecule has 2 nitrogen and oxygen atoms in total. The Hall–Kier alpha value is -2.58. The molecule has 2 aromatic carbocycles. The lowest BCUT2D eigenvalue weighted by molar-refractivity contribution is 0.961. The van der Waals surface area contributed by atoms with Gasteiger partial charge in [-0.15, -0.1) is 0 Å². The second kappa shape index (κ2) is 5.66. The summed E-state index contributed by atoms with van der Waals surface area (Å²) in [5.41, 5.74) is 3.76. The number of benzene rings is 2. The van der Waals surface area contributed by atoms with Crippen molar-refractivity contribution in [3.05, 3.63) is 82.5 Å². The Bertz CT molecular complexity index is 613. The molecule has 0 amide bonds. The largest absolute Gasteiger partial charge is 0.238 e. The lowest BCUT2D eigenvalue weighted by Crippen LogP contribution is -1.90. The molecule has 0 aliphatic rings. The van der Waals surface area contributed by atoms with Crippen molar-refractivity contribution in [2.75, 3.05) is 0 Å². The molecule has 0 saturated carbocycles. The zero-order valence-electron chi connectivity index (χ0n) is 9.93. The predicted molar refractivity (Wildman–Crippen MR) is 72.8 cm³/mol. The number of rotatable bonds is 3. The summed E-state index contributed by atoms with van der Waals surface area (Å²) in [4.78, 5) is 6.80. The summed E-state index contributed by atoms with van der Waals surface area (Å²) in [5, 5.41) is 0. The van der Waals surface area contributed by atoms with Gasteiger partial charge in [0, 0.05) is 0 Å². The van der Waals surface area contributed by atoms with E-state index in [1.165, 1.54) is 11.1 Å². The molecule has 0 saturated heterocycles. The van der Waals surface area contributed by atoms with Gasteiger partial charge in [0.2, 0.25) is 0 Å². The summed E-state index contributed by atoms with van der Waals surface area (Å²) in [6, 6.07) is 15.4. The Morgan fingerprint density at radius 2 is 1.39 bits per heavy atom. The number of nitrogens with zero attached hydrogens (tertiary/aromatic N) is 2. The smallest absolute Gasteiger partial charge is 0.187 e. The van der Waals surface area contributed by atoms with Crippen LogP contribution in [0.2, 0.25) is 0 Å². The van der Waals surface area contributed by atoms with Gasteiger partial charge in [0.05, 0.1) is 13.1 Å². The van der Waals surface area contributed by atoms with Gasteiger partial charge >= 0.3 is 0 Å². The average molecular weight is 232 g/mol. The molecule has 2 rings (SSSR count). The van der Waals surface area contributed by atoms with E-state index in [2.05, 4.69) is 9.69 Å². The highest BCUT2D eigenvalue weighted by atomic mass is 14.6. The van der Waals surface area contributed by atoms with Crippen molar-refractivity contribution >= 4 is 11.4 Å². The van der Waals surface area contributed by atoms with Gasteiger partial charge in [0.1, 0.15) is 0 Å². The fourth-order valence-electron chi connectivity index (χ4n) is 1.81. The van der Waals surface area contributed by atoms with Gasteiger partial charge in [0.15, 0.2) is 11.4 Å². The summed E-state index contributed by atoms with van der Waals surface area (Å²) >= 11 is 0. The lowest BCUT2D eigenvalue weighted by atomic mass is 10.0. The zero-order chi connectivity index (χ0) is 12.8. The van der Waals surface area contributed by atoms with Crippen LogP contribution < -0.4 is 0 Å². The summed E-state index contributed by atoms with van der Waals surface area (Å²) in [5.74, 6) is 0. The van der Waals surface area contributed by atoms with E-state index in [1.54, 1.807) is 0 Å². The molecule has 0 heterocycles. The zero-order valence-corrected chi connectivity index (χ0v) is 9.93. The van der Waals surface area contributed by atoms with E-state index in [-0.39, 0.29) is 0 Å². The molecule has 0 spiro atoms. The standard InChI is InChI=1S/C16H12N2/c1-17-15-10-8-13(9-11-15)6-7-14-4-3-5-16(12-14)18-2/h3-5,8-12H,6-7H2. The summed E-state index contributed by atoms with van der Waals surface area (Å²) in [6.07, 6.45) is 1.85. The molecule has 0 unspecified atom stereocenters. The summed E-state index contributed by atoms with van der Waals surface area (Å²) in [7, 11) is 0. The quantitative estimate of drug-likeness (QED) is 0.685. The van der Waals surface area contributed by atoms with Gasteiger partial charge in [-0.1, -0.05) is 59.7 Å². The molecule has 0 aliphatic heterocycles. The minimum atomic E-state index is 0.675. The third-order valence-electron chi connectivity index (χ3n) is 2.81. The fourth-order valence-corrected chi connectivity index (χ4v) is 1.81. The van der Waals surface area contributed by atoms with Crippen LogP contribution in [0.15, 0.2) is 48.5 Å². The molecule has 0 bridgehead atoms. The Morgan fingerprint density at radius 3 is 2.06 bits per heavy atom. The Balaban J connectivity index is 2.02. The molecule has 0 radical (unpaired) electrons. The van der Waals surface area contributed by atoms with Crippen LogP contribution in [0.25, 0.3) is 9.69 Å². The molecule has 18 heavy (non-hydrogen) atoms. The second-order valence-electron chi connectivity index (χ2n) is 4.06. The first-order valence-electron chi connectivity index (χ1n) is 5.74. The monoisotopic (exact) mass is 232 g/mol. The predicted octanol–water partition coefficient (Wildman–Crippen LogP) is 4.57. The van der Waals surface area contributed by atoms with Crippen molar-refractivity contribution < 1.29 is 0 Å². The molecule has 0 aromatic heterocycles. The van der Waals surface area contributed by atoms with Crippen LogP contribution in [0.4, 0.5) is 11.4 Å². The number of hydrogen-bond donors (Lipinski definition) is 0. The fraction of sp³-hybridized carbons (Fsp3) is 0.125. The normalized spacial score (nSPS) is 9.44. The molecule has 0 N–H and O–H groups in total. The minimum Gasteiger partial charge on any atom is -0.238 e. The molecule has 86 valence electrons. The highest BCUT2D eigenvalue weighted by Gasteiger charge is 1.98. The number of hydrogen-bond acceptors (Lipinski definition) is 0. The van der Waals surface area contributed by atoms with E-state index < -0.39 is 0 Å². The molecule has 0 fully saturated rings. The van der Waals surface area contributed by atoms with Gasteiger partial charge in [0.25, 0.3) is 0 Å². The van der Waals surface area contributed by atoms with Crippen LogP contribution in [0, 0.1) is 13.1 Å². The van der Waals surface area contributed by atoms with Crippen LogP contribution >= 0.6 is 0 Å². The second-order valence-corrected chi connectivity index (χ2v) is 4.06. The van der Waals surface area contributed by atoms with Crippen molar-refractivity contribution in [1.82, 2.24) is 0 Å². The highest BCUT2D eigenvalue weighted by Crippen LogP contribution is 2.17. The van der Waals surface area contributed by atoms with Gasteiger partial charge in [-0.05, 0) is 12.8 Å². The van der Waals surface area contributed by atoms with Crippen LogP contribution in [-0.4, -0.2) is 0 Å². The maximum absolute atomic E-state index is 6.98. The first-order valence-corrected chi connectivity index (χ1v) is 5.74. The SMILES string of the molecule is [C-]#[N+]c1ccc(CCc2cccc([N+]#[C-])c2)cc1. The van der Waals surface area contributed by atoms with Crippen molar-refractivity contribution in [2.24, 2.45) is 0 Å². The van der Waals surface area contributed by atoms with Crippen molar-refractivity contribution in [3.63, 3.8) is 0 Å². The van der Waals surface area contributed by atoms with Crippen molar-refractivity contribution in [3.8, 4) is 0 Å². The van der Waals surface area contributed by atoms with E-state index in [9.17, 15) is 0 Å². The van der Waals surface area contributed by atoms with Crippen molar-refractivity contribution in [1.29, 1.82) is 0 Å². The summed E-state index contributed by atoms with van der Waals surface area (Å²) < 4.78 is 0. The Kier molecular flexibility index (Phi) is 3.74. The van der Waals surface area contributed by atoms with E-state index in [1.807, 2.05) is 48.5 Å². The van der Waals surface area contributed by atoms with E-state index in [0.29, 0.717) is 11.4 Å². The third kappa shape index (κ3) is 2.97. The van der Waals surface area contributed by atoms with Gasteiger partial charge in [-0.25, -0.2) is 9.69 Å². The Labute approximate surface area is 107 Å². The molecule has 0 aliphatic carbocycles. The van der Waals surface area contributed by atoms with E-state index >= 15 is 0 Å². The first-order chi connectivity index (χ1) is 8.81. The Morgan fingerprint density at radius 1 is 0.722 bits per heavy atom. The third-order valence-corrected chi connectivity index (χ3v) is 2.81. The van der Waals surface area contributed by atoms with Gasteiger partial charge in [-0.3, -0.25) is 0 Å². The van der Waals surface area contributed by atoms with E-state index in [4.69, 9.17) is 13.1 Å². The minimum absolute atomic E-state index is 0.675. The van der Waals surface area contributed by atoms with Crippen LogP contribution in [-0.2, 0) is 12.8 Å². The molecular formula is C16H12N2. The first kappa shape index (κ1) is 11.9. The number of aryl methyl sites for hydroxylation is 2. The van der Waals surface area contributed by atoms with Crippen LogP contribution in [0.3, 0.4) is 0 Å². The molecule has 2 heteroatoms. The average Bonchev–Trinajstić information content (AvgIpc) is 2.46. The maximum atomic E-state index is 6.98.